The van der Waals surface area contributed by atoms with Crippen molar-refractivity contribution in [2.75, 3.05) is 23.8 Å². The molecule has 0 bridgehead atoms. The Kier molecular flexibility index (Phi) is 6.74. The molecule has 1 fully saturated rings. The zero-order valence-electron chi connectivity index (χ0n) is 20.0. The van der Waals surface area contributed by atoms with Gasteiger partial charge in [0.15, 0.2) is 11.6 Å². The average molecular weight is 471 g/mol. The van der Waals surface area contributed by atoms with Crippen molar-refractivity contribution in [2.24, 2.45) is 5.92 Å². The maximum absolute atomic E-state index is 15.4. The molecule has 182 valence electrons. The van der Waals surface area contributed by atoms with Crippen LogP contribution in [0.1, 0.15) is 55.1 Å². The Balaban J connectivity index is 1.60. The molecule has 8 nitrogen and oxygen atoms in total. The highest BCUT2D eigenvalue weighted by Crippen LogP contribution is 2.33. The molecule has 0 unspecified atom stereocenters. The second kappa shape index (κ2) is 9.58. The summed E-state index contributed by atoms with van der Waals surface area (Å²) in [5.74, 6) is -1.12. The van der Waals surface area contributed by atoms with Crippen LogP contribution in [0, 0.1) is 18.7 Å². The number of benzene rings is 1. The average Bonchev–Trinajstić information content (AvgIpc) is 3.13. The number of carbonyl (C=O) groups is 2. The van der Waals surface area contributed by atoms with Crippen molar-refractivity contribution in [3.63, 3.8) is 0 Å². The van der Waals surface area contributed by atoms with Crippen molar-refractivity contribution in [2.45, 2.75) is 58.7 Å². The van der Waals surface area contributed by atoms with Gasteiger partial charge >= 0.3 is 5.97 Å². The van der Waals surface area contributed by atoms with E-state index in [9.17, 15) is 9.59 Å². The molecule has 0 aliphatic carbocycles. The van der Waals surface area contributed by atoms with Crippen LogP contribution in [0.15, 0.2) is 24.3 Å². The molecule has 0 saturated carbocycles. The molecule has 1 aromatic carbocycles. The van der Waals surface area contributed by atoms with Gasteiger partial charge in [-0.15, -0.1) is 0 Å². The smallest absolute Gasteiger partial charge is 0.306 e. The Hall–Kier alpha value is -3.20. The van der Waals surface area contributed by atoms with Gasteiger partial charge in [-0.05, 0) is 51.8 Å². The van der Waals surface area contributed by atoms with Crippen molar-refractivity contribution in [3.8, 4) is 0 Å². The highest BCUT2D eigenvalue weighted by molar-refractivity contribution is 6.03. The molecule has 4 rings (SSSR count). The summed E-state index contributed by atoms with van der Waals surface area (Å²) in [6, 6.07) is 7.40. The topological polar surface area (TPSA) is 102 Å². The number of ether oxygens (including phenoxy) is 2. The molecule has 2 aliphatic heterocycles. The summed E-state index contributed by atoms with van der Waals surface area (Å²) in [6.45, 7) is 8.36. The third kappa shape index (κ3) is 5.47. The Morgan fingerprint density at radius 1 is 1.32 bits per heavy atom. The Morgan fingerprint density at radius 2 is 2.12 bits per heavy atom. The summed E-state index contributed by atoms with van der Waals surface area (Å²) in [6.07, 6.45) is 0.736. The van der Waals surface area contributed by atoms with Crippen LogP contribution < -0.4 is 16.0 Å². The molecule has 3 N–H and O–H groups in total. The normalized spacial score (nSPS) is 19.9. The molecule has 2 aromatic rings. The monoisotopic (exact) mass is 470 g/mol. The number of carbonyl (C=O) groups excluding carboxylic acids is 2. The zero-order valence-corrected chi connectivity index (χ0v) is 20.0. The second-order valence-electron chi connectivity index (χ2n) is 9.82. The number of hydrogen-bond acceptors (Lipinski definition) is 7. The quantitative estimate of drug-likeness (QED) is 0.547. The van der Waals surface area contributed by atoms with E-state index < -0.39 is 11.4 Å². The van der Waals surface area contributed by atoms with E-state index in [0.717, 1.165) is 11.3 Å². The number of halogens is 1. The van der Waals surface area contributed by atoms with Gasteiger partial charge in [0, 0.05) is 36.4 Å². The van der Waals surface area contributed by atoms with Gasteiger partial charge in [-0.3, -0.25) is 9.59 Å². The van der Waals surface area contributed by atoms with Crippen LogP contribution in [0.3, 0.4) is 0 Å². The first-order valence-corrected chi connectivity index (χ1v) is 11.5. The molecular formula is C25H31FN4O4. The number of amides is 1. The number of nitrogens with zero attached hydrogens (tertiary/aromatic N) is 1. The van der Waals surface area contributed by atoms with Crippen LogP contribution in [0.5, 0.6) is 0 Å². The van der Waals surface area contributed by atoms with Gasteiger partial charge in [0.2, 0.25) is 0 Å². The number of rotatable bonds is 6. The van der Waals surface area contributed by atoms with Crippen LogP contribution >= 0.6 is 0 Å². The molecule has 1 saturated heterocycles. The molecular weight excluding hydrogens is 439 g/mol. The first kappa shape index (κ1) is 23.9. The van der Waals surface area contributed by atoms with Gasteiger partial charge in [0.25, 0.3) is 5.91 Å². The Labute approximate surface area is 198 Å². The lowest BCUT2D eigenvalue weighted by Crippen LogP contribution is -2.40. The molecule has 2 aliphatic rings. The van der Waals surface area contributed by atoms with E-state index >= 15 is 4.39 Å². The molecule has 0 radical (unpaired) electrons. The van der Waals surface area contributed by atoms with Crippen molar-refractivity contribution in [1.29, 1.82) is 0 Å². The van der Waals surface area contributed by atoms with Crippen molar-refractivity contribution in [1.82, 2.24) is 10.3 Å². The number of esters is 1. The number of anilines is 3. The maximum atomic E-state index is 15.4. The fourth-order valence-corrected chi connectivity index (χ4v) is 4.29. The summed E-state index contributed by atoms with van der Waals surface area (Å²) in [4.78, 5) is 29.3. The summed E-state index contributed by atoms with van der Waals surface area (Å²) >= 11 is 0. The van der Waals surface area contributed by atoms with Gasteiger partial charge in [-0.2, -0.15) is 0 Å². The fraction of sp³-hybridized carbons (Fsp3) is 0.480. The van der Waals surface area contributed by atoms with Crippen LogP contribution in [0.4, 0.5) is 21.7 Å². The SMILES string of the molecule is Cc1cccc(Nc2nc(N[C@@H]3CCOC[C@@H]3CC(=O)OC(C)(C)C)c(F)c3c2C(=O)NC3)c1. The molecule has 2 atom stereocenters. The van der Waals surface area contributed by atoms with E-state index in [1.165, 1.54) is 0 Å². The first-order valence-electron chi connectivity index (χ1n) is 11.5. The third-order valence-electron chi connectivity index (χ3n) is 5.81. The van der Waals surface area contributed by atoms with Crippen LogP contribution in [0.25, 0.3) is 0 Å². The minimum Gasteiger partial charge on any atom is -0.460 e. The molecule has 1 amide bonds. The van der Waals surface area contributed by atoms with E-state index in [1.807, 2.05) is 52.0 Å². The highest BCUT2D eigenvalue weighted by Gasteiger charge is 2.34. The fourth-order valence-electron chi connectivity index (χ4n) is 4.29. The number of aromatic nitrogens is 1. The molecule has 0 spiro atoms. The minimum absolute atomic E-state index is 0.0477. The van der Waals surface area contributed by atoms with Crippen LogP contribution in [-0.4, -0.2) is 41.7 Å². The lowest BCUT2D eigenvalue weighted by molar-refractivity contribution is -0.157. The number of pyridine rings is 1. The van der Waals surface area contributed by atoms with E-state index in [-0.39, 0.29) is 59.6 Å². The van der Waals surface area contributed by atoms with Crippen LogP contribution in [0.2, 0.25) is 0 Å². The van der Waals surface area contributed by atoms with E-state index in [1.54, 1.807) is 0 Å². The predicted molar refractivity (Wildman–Crippen MR) is 127 cm³/mol. The van der Waals surface area contributed by atoms with E-state index in [0.29, 0.717) is 19.6 Å². The summed E-state index contributed by atoms with van der Waals surface area (Å²) < 4.78 is 26.5. The van der Waals surface area contributed by atoms with Gasteiger partial charge in [0.05, 0.1) is 18.6 Å². The second-order valence-corrected chi connectivity index (χ2v) is 9.82. The minimum atomic E-state index is -0.584. The lowest BCUT2D eigenvalue weighted by atomic mass is 9.92. The van der Waals surface area contributed by atoms with Crippen LogP contribution in [-0.2, 0) is 20.8 Å². The maximum Gasteiger partial charge on any atom is 0.306 e. The molecule has 9 heteroatoms. The van der Waals surface area contributed by atoms with Crippen molar-refractivity contribution in [3.05, 3.63) is 46.8 Å². The summed E-state index contributed by atoms with van der Waals surface area (Å²) in [7, 11) is 0. The van der Waals surface area contributed by atoms with Gasteiger partial charge < -0.3 is 25.4 Å². The van der Waals surface area contributed by atoms with Gasteiger partial charge in [-0.1, -0.05) is 12.1 Å². The zero-order chi connectivity index (χ0) is 24.5. The van der Waals surface area contributed by atoms with E-state index in [4.69, 9.17) is 9.47 Å². The number of hydrogen-bond donors (Lipinski definition) is 3. The van der Waals surface area contributed by atoms with Gasteiger partial charge in [0.1, 0.15) is 11.4 Å². The lowest BCUT2D eigenvalue weighted by Gasteiger charge is -2.33. The third-order valence-corrected chi connectivity index (χ3v) is 5.81. The van der Waals surface area contributed by atoms with Gasteiger partial charge in [-0.25, -0.2) is 9.37 Å². The summed E-state index contributed by atoms with van der Waals surface area (Å²) in [5.41, 5.74) is 1.69. The Bertz CT molecular complexity index is 1100. The molecule has 34 heavy (non-hydrogen) atoms. The number of fused-ring (bicyclic) bond motifs is 1. The standard InChI is InChI=1S/C25H31FN4O4/c1-14-6-5-7-16(10-14)28-22-20-17(12-27-24(20)32)21(26)23(30-22)29-18-8-9-33-13-15(18)11-19(31)34-25(2,3)4/h5-7,10,15,18H,8-9,11-13H2,1-4H3,(H,27,32)(H2,28,29,30)/t15-,18+/m0/s1. The number of aryl methyl sites for hydroxylation is 1. The summed E-state index contributed by atoms with van der Waals surface area (Å²) in [5, 5.41) is 9.05. The van der Waals surface area contributed by atoms with Crippen molar-refractivity contribution < 1.29 is 23.5 Å². The Morgan fingerprint density at radius 3 is 2.85 bits per heavy atom. The highest BCUT2D eigenvalue weighted by atomic mass is 19.1. The van der Waals surface area contributed by atoms with E-state index in [2.05, 4.69) is 20.9 Å². The van der Waals surface area contributed by atoms with Crippen molar-refractivity contribution >= 4 is 29.2 Å². The predicted octanol–water partition coefficient (Wildman–Crippen LogP) is 4.06. The first-order chi connectivity index (χ1) is 16.1. The molecule has 1 aromatic heterocycles. The largest absolute Gasteiger partial charge is 0.460 e. The molecule has 3 heterocycles. The number of nitrogens with one attached hydrogen (secondary N) is 3.